The van der Waals surface area contributed by atoms with E-state index >= 15 is 0 Å². The van der Waals surface area contributed by atoms with Crippen molar-refractivity contribution in [3.63, 3.8) is 0 Å². The number of nitrogens with two attached hydrogens (primary N) is 1. The summed E-state index contributed by atoms with van der Waals surface area (Å²) in [4.78, 5) is 58.6. The van der Waals surface area contributed by atoms with Gasteiger partial charge in [0.25, 0.3) is 0 Å². The van der Waals surface area contributed by atoms with Gasteiger partial charge >= 0.3 is 11.9 Å². The van der Waals surface area contributed by atoms with Gasteiger partial charge in [0.1, 0.15) is 18.1 Å². The van der Waals surface area contributed by atoms with Gasteiger partial charge in [-0.25, -0.2) is 4.79 Å². The van der Waals surface area contributed by atoms with Gasteiger partial charge in [0.2, 0.25) is 17.7 Å². The number of carboxylic acid groups (broad SMARTS) is 2. The summed E-state index contributed by atoms with van der Waals surface area (Å²) >= 11 is 3.84. The number of thiol groups is 1. The molecule has 3 amide bonds. The van der Waals surface area contributed by atoms with E-state index in [0.29, 0.717) is 0 Å². The molecule has 0 fully saturated rings. The van der Waals surface area contributed by atoms with Gasteiger partial charge < -0.3 is 37.0 Å². The number of hydrogen-bond donors (Lipinski definition) is 8. The van der Waals surface area contributed by atoms with E-state index in [-0.39, 0.29) is 5.75 Å². The third-order valence-electron chi connectivity index (χ3n) is 3.84. The van der Waals surface area contributed by atoms with Crippen LogP contribution in [0.3, 0.4) is 0 Å². The van der Waals surface area contributed by atoms with Crippen molar-refractivity contribution in [3.8, 4) is 0 Å². The Hall–Kier alpha value is -2.38. The van der Waals surface area contributed by atoms with Gasteiger partial charge in [0.05, 0.1) is 18.6 Å². The molecule has 0 saturated carbocycles. The zero-order valence-electron chi connectivity index (χ0n) is 16.3. The molecular weight excluding hydrogens is 408 g/mol. The number of hydrogen-bond acceptors (Lipinski definition) is 8. The number of aliphatic hydroxyl groups excluding tert-OH is 1. The molecule has 0 rings (SSSR count). The second kappa shape index (κ2) is 12.2. The number of aliphatic hydroxyl groups is 1. The molecule has 0 radical (unpaired) electrons. The summed E-state index contributed by atoms with van der Waals surface area (Å²) in [6, 6.07) is -5.41. The molecular formula is C16H28N4O8S. The minimum Gasteiger partial charge on any atom is -0.481 e. The molecule has 0 bridgehead atoms. The van der Waals surface area contributed by atoms with Crippen molar-refractivity contribution in [1.29, 1.82) is 0 Å². The Kier molecular flexibility index (Phi) is 11.2. The van der Waals surface area contributed by atoms with Gasteiger partial charge in [0, 0.05) is 5.75 Å². The standard InChI is InChI=1S/C16H28N4O8S/c1-6(2)11(14(25)18-9(5-29)16(27)28)19-15(26)12(7(3)21)20-13(24)8(17)4-10(22)23/h6-9,11-12,21,29H,4-5,17H2,1-3H3,(H,18,25)(H,19,26)(H,20,24)(H,22,23)(H,27,28). The van der Waals surface area contributed by atoms with Gasteiger partial charge in [-0.1, -0.05) is 13.8 Å². The molecule has 29 heavy (non-hydrogen) atoms. The lowest BCUT2D eigenvalue weighted by Crippen LogP contribution is -2.61. The van der Waals surface area contributed by atoms with E-state index in [2.05, 4.69) is 28.6 Å². The van der Waals surface area contributed by atoms with Gasteiger partial charge in [0.15, 0.2) is 0 Å². The molecule has 0 aliphatic carbocycles. The Labute approximate surface area is 173 Å². The van der Waals surface area contributed by atoms with Crippen molar-refractivity contribution in [3.05, 3.63) is 0 Å². The SMILES string of the molecule is CC(C)C(NC(=O)C(NC(=O)C(N)CC(=O)O)C(C)O)C(=O)NC(CS)C(=O)O. The topological polar surface area (TPSA) is 208 Å². The van der Waals surface area contributed by atoms with E-state index < -0.39 is 72.3 Å². The zero-order chi connectivity index (χ0) is 22.9. The highest BCUT2D eigenvalue weighted by Gasteiger charge is 2.33. The second-order valence-electron chi connectivity index (χ2n) is 6.74. The Morgan fingerprint density at radius 3 is 1.76 bits per heavy atom. The third-order valence-corrected chi connectivity index (χ3v) is 4.20. The summed E-state index contributed by atoms with van der Waals surface area (Å²) in [6.45, 7) is 4.40. The Bertz CT molecular complexity index is 628. The lowest BCUT2D eigenvalue weighted by molar-refractivity contribution is -0.142. The number of nitrogens with one attached hydrogen (secondary N) is 3. The fraction of sp³-hybridized carbons (Fsp3) is 0.688. The number of carbonyl (C=O) groups excluding carboxylic acids is 3. The number of rotatable bonds is 12. The van der Waals surface area contributed by atoms with E-state index in [1.54, 1.807) is 13.8 Å². The minimum absolute atomic E-state index is 0.173. The lowest BCUT2D eigenvalue weighted by Gasteiger charge is -2.27. The van der Waals surface area contributed by atoms with Crippen LogP contribution in [0.5, 0.6) is 0 Å². The molecule has 0 aliphatic rings. The van der Waals surface area contributed by atoms with Crippen LogP contribution in [-0.2, 0) is 24.0 Å². The van der Waals surface area contributed by atoms with Crippen molar-refractivity contribution in [1.82, 2.24) is 16.0 Å². The van der Waals surface area contributed by atoms with E-state index in [9.17, 15) is 29.1 Å². The molecule has 166 valence electrons. The first-order valence-electron chi connectivity index (χ1n) is 8.72. The average molecular weight is 436 g/mol. The lowest BCUT2D eigenvalue weighted by atomic mass is 10.0. The maximum Gasteiger partial charge on any atom is 0.327 e. The highest BCUT2D eigenvalue weighted by molar-refractivity contribution is 7.80. The van der Waals surface area contributed by atoms with Crippen LogP contribution in [0.1, 0.15) is 27.2 Å². The van der Waals surface area contributed by atoms with E-state index in [1.165, 1.54) is 6.92 Å². The molecule has 5 unspecified atom stereocenters. The molecule has 0 aromatic rings. The van der Waals surface area contributed by atoms with Crippen molar-refractivity contribution < 1.29 is 39.3 Å². The zero-order valence-corrected chi connectivity index (χ0v) is 17.2. The summed E-state index contributed by atoms with van der Waals surface area (Å²) in [6.07, 6.45) is -2.08. The molecule has 12 nitrogen and oxygen atoms in total. The second-order valence-corrected chi connectivity index (χ2v) is 7.11. The molecule has 0 aliphatic heterocycles. The summed E-state index contributed by atoms with van der Waals surface area (Å²) in [5, 5.41) is 34.2. The third kappa shape index (κ3) is 9.11. The van der Waals surface area contributed by atoms with Crippen LogP contribution in [0.25, 0.3) is 0 Å². The maximum atomic E-state index is 12.5. The summed E-state index contributed by atoms with van der Waals surface area (Å²) in [5.74, 6) is -5.94. The van der Waals surface area contributed by atoms with E-state index in [0.717, 1.165) is 0 Å². The van der Waals surface area contributed by atoms with Gasteiger partial charge in [-0.3, -0.25) is 19.2 Å². The first-order valence-corrected chi connectivity index (χ1v) is 9.35. The van der Waals surface area contributed by atoms with Crippen molar-refractivity contribution >= 4 is 42.3 Å². The Morgan fingerprint density at radius 1 is 0.897 bits per heavy atom. The number of amides is 3. The minimum atomic E-state index is -1.52. The quantitative estimate of drug-likeness (QED) is 0.149. The van der Waals surface area contributed by atoms with Gasteiger partial charge in [-0.2, -0.15) is 12.6 Å². The molecule has 0 saturated heterocycles. The molecule has 8 N–H and O–H groups in total. The fourth-order valence-electron chi connectivity index (χ4n) is 2.17. The summed E-state index contributed by atoms with van der Waals surface area (Å²) < 4.78 is 0. The van der Waals surface area contributed by atoms with Crippen molar-refractivity contribution in [2.45, 2.75) is 57.5 Å². The fourth-order valence-corrected chi connectivity index (χ4v) is 2.42. The molecule has 0 spiro atoms. The van der Waals surface area contributed by atoms with Crippen molar-refractivity contribution in [2.75, 3.05) is 5.75 Å². The molecule has 0 aromatic heterocycles. The molecule has 0 heterocycles. The largest absolute Gasteiger partial charge is 0.481 e. The smallest absolute Gasteiger partial charge is 0.327 e. The van der Waals surface area contributed by atoms with Gasteiger partial charge in [-0.15, -0.1) is 0 Å². The van der Waals surface area contributed by atoms with Crippen LogP contribution in [-0.4, -0.2) is 81.0 Å². The monoisotopic (exact) mass is 436 g/mol. The number of aliphatic carboxylic acids is 2. The maximum absolute atomic E-state index is 12.5. The summed E-state index contributed by atoms with van der Waals surface area (Å²) in [5.41, 5.74) is 5.43. The normalized spacial score (nSPS) is 16.1. The van der Waals surface area contributed by atoms with Crippen LogP contribution < -0.4 is 21.7 Å². The summed E-state index contributed by atoms with van der Waals surface area (Å²) in [7, 11) is 0. The molecule has 13 heteroatoms. The van der Waals surface area contributed by atoms with Crippen LogP contribution >= 0.6 is 12.6 Å². The predicted octanol–water partition coefficient (Wildman–Crippen LogP) is -2.71. The number of carboxylic acids is 2. The van der Waals surface area contributed by atoms with Crippen LogP contribution in [0.4, 0.5) is 0 Å². The highest BCUT2D eigenvalue weighted by Crippen LogP contribution is 2.05. The Morgan fingerprint density at radius 2 is 1.38 bits per heavy atom. The van der Waals surface area contributed by atoms with E-state index in [1.807, 2.05) is 0 Å². The van der Waals surface area contributed by atoms with Gasteiger partial charge in [-0.05, 0) is 12.8 Å². The number of carbonyl (C=O) groups is 5. The predicted molar refractivity (Wildman–Crippen MR) is 104 cm³/mol. The average Bonchev–Trinajstić information content (AvgIpc) is 2.59. The van der Waals surface area contributed by atoms with E-state index in [4.69, 9.17) is 15.9 Å². The molecule has 5 atom stereocenters. The highest BCUT2D eigenvalue weighted by atomic mass is 32.1. The first-order chi connectivity index (χ1) is 13.3. The Balaban J connectivity index is 5.28. The molecule has 0 aromatic carbocycles. The van der Waals surface area contributed by atoms with Crippen LogP contribution in [0.2, 0.25) is 0 Å². The first kappa shape index (κ1) is 26.6. The van der Waals surface area contributed by atoms with Crippen molar-refractivity contribution in [2.24, 2.45) is 11.7 Å². The van der Waals surface area contributed by atoms with Crippen LogP contribution in [0.15, 0.2) is 0 Å². The van der Waals surface area contributed by atoms with Crippen LogP contribution in [0, 0.1) is 5.92 Å².